The molecular formula is C17H24ClFN2O4SSi. The Balaban J connectivity index is 2.29. The summed E-state index contributed by atoms with van der Waals surface area (Å²) in [6.07, 6.45) is 1.09. The first kappa shape index (κ1) is 22.0. The smallest absolute Gasteiger partial charge is 0.194 e. The minimum absolute atomic E-state index is 0.0499. The van der Waals surface area contributed by atoms with Crippen LogP contribution < -0.4 is 0 Å². The van der Waals surface area contributed by atoms with Crippen LogP contribution in [0, 0.1) is 5.82 Å². The largest absolute Gasteiger partial charge is 0.380 e. The van der Waals surface area contributed by atoms with Gasteiger partial charge in [0.1, 0.15) is 24.5 Å². The Morgan fingerprint density at radius 2 is 2.04 bits per heavy atom. The average molecular weight is 435 g/mol. The van der Waals surface area contributed by atoms with E-state index in [9.17, 15) is 17.9 Å². The lowest BCUT2D eigenvalue weighted by molar-refractivity contribution is 0.0786. The summed E-state index contributed by atoms with van der Waals surface area (Å²) in [7, 11) is -4.83. The molecular weight excluding hydrogens is 411 g/mol. The fourth-order valence-electron chi connectivity index (χ4n) is 2.28. The van der Waals surface area contributed by atoms with E-state index < -0.39 is 29.8 Å². The van der Waals surface area contributed by atoms with Crippen molar-refractivity contribution in [3.63, 3.8) is 0 Å². The zero-order valence-electron chi connectivity index (χ0n) is 15.7. The lowest BCUT2D eigenvalue weighted by Gasteiger charge is -2.17. The van der Waals surface area contributed by atoms with Crippen LogP contribution in [0.3, 0.4) is 0 Å². The topological polar surface area (TPSA) is 81.4 Å². The van der Waals surface area contributed by atoms with Crippen LogP contribution in [0.15, 0.2) is 29.4 Å². The van der Waals surface area contributed by atoms with Crippen molar-refractivity contribution in [3.8, 4) is 0 Å². The maximum Gasteiger partial charge on any atom is 0.194 e. The van der Waals surface area contributed by atoms with Gasteiger partial charge in [-0.05, 0) is 23.7 Å². The zero-order valence-corrected chi connectivity index (χ0v) is 18.3. The first-order chi connectivity index (χ1) is 12.4. The van der Waals surface area contributed by atoms with E-state index in [-0.39, 0.29) is 22.6 Å². The number of benzene rings is 1. The fourth-order valence-corrected chi connectivity index (χ4v) is 3.80. The van der Waals surface area contributed by atoms with E-state index in [4.69, 9.17) is 16.3 Å². The highest BCUT2D eigenvalue weighted by molar-refractivity contribution is 7.90. The molecule has 150 valence electrons. The Kier molecular flexibility index (Phi) is 6.85. The van der Waals surface area contributed by atoms with E-state index in [2.05, 4.69) is 24.6 Å². The molecule has 0 saturated heterocycles. The molecule has 0 aliphatic heterocycles. The van der Waals surface area contributed by atoms with Crippen molar-refractivity contribution in [1.29, 1.82) is 0 Å². The van der Waals surface area contributed by atoms with Crippen LogP contribution in [0.5, 0.6) is 0 Å². The molecule has 0 saturated carbocycles. The molecule has 2 aromatic rings. The number of ether oxygens (including phenoxy) is 1. The Morgan fingerprint density at radius 1 is 1.37 bits per heavy atom. The van der Waals surface area contributed by atoms with Gasteiger partial charge >= 0.3 is 0 Å². The second-order valence-electron chi connectivity index (χ2n) is 7.60. The molecule has 0 aliphatic carbocycles. The summed E-state index contributed by atoms with van der Waals surface area (Å²) >= 11 is 5.78. The number of aromatic nitrogens is 2. The van der Waals surface area contributed by atoms with Gasteiger partial charge in [0.25, 0.3) is 0 Å². The molecule has 1 aromatic carbocycles. The molecule has 0 amide bonds. The molecule has 0 fully saturated rings. The molecule has 0 spiro atoms. The summed E-state index contributed by atoms with van der Waals surface area (Å²) in [5, 5.41) is 10.3. The number of hydrogen-bond donors (Lipinski definition) is 1. The molecule has 0 radical (unpaired) electrons. The second kappa shape index (κ2) is 8.40. The Bertz CT molecular complexity index is 912. The Hall–Kier alpha value is -1.26. The van der Waals surface area contributed by atoms with Crippen LogP contribution in [0.2, 0.25) is 30.7 Å². The lowest BCUT2D eigenvalue weighted by atomic mass is 10.1. The predicted octanol–water partition coefficient (Wildman–Crippen LogP) is 3.47. The molecule has 10 heteroatoms. The highest BCUT2D eigenvalue weighted by atomic mass is 35.5. The van der Waals surface area contributed by atoms with Gasteiger partial charge in [0.05, 0.1) is 5.02 Å². The summed E-state index contributed by atoms with van der Waals surface area (Å²) in [4.78, 5) is 4.05. The second-order valence-corrected chi connectivity index (χ2v) is 15.6. The molecule has 1 N–H and O–H groups in total. The summed E-state index contributed by atoms with van der Waals surface area (Å²) in [6.45, 7) is 7.25. The van der Waals surface area contributed by atoms with Crippen molar-refractivity contribution >= 4 is 29.5 Å². The van der Waals surface area contributed by atoms with Gasteiger partial charge in [-0.2, -0.15) is 0 Å². The number of rotatable bonds is 8. The van der Waals surface area contributed by atoms with Crippen LogP contribution in [0.25, 0.3) is 0 Å². The molecule has 27 heavy (non-hydrogen) atoms. The first-order valence-electron chi connectivity index (χ1n) is 8.36. The zero-order chi connectivity index (χ0) is 20.4. The lowest BCUT2D eigenvalue weighted by Crippen LogP contribution is -2.22. The molecule has 1 unspecified atom stereocenters. The molecule has 0 aliphatic rings. The van der Waals surface area contributed by atoms with Crippen LogP contribution in [0.4, 0.5) is 4.39 Å². The van der Waals surface area contributed by atoms with Gasteiger partial charge < -0.3 is 14.4 Å². The third-order valence-corrected chi connectivity index (χ3v) is 6.85. The van der Waals surface area contributed by atoms with E-state index in [1.54, 1.807) is 0 Å². The SMILES string of the molecule is C[Si](C)(C)CCOCn1cc(S(C)(=O)=O)nc1C(O)c1ccc(F)c(Cl)c1. The highest BCUT2D eigenvalue weighted by Gasteiger charge is 2.23. The van der Waals surface area contributed by atoms with Crippen LogP contribution >= 0.6 is 11.6 Å². The molecule has 6 nitrogen and oxygen atoms in total. The molecule has 1 aromatic heterocycles. The van der Waals surface area contributed by atoms with Crippen LogP contribution in [-0.2, 0) is 21.3 Å². The fraction of sp³-hybridized carbons (Fsp3) is 0.471. The maximum atomic E-state index is 13.4. The van der Waals surface area contributed by atoms with Crippen molar-refractivity contribution < 1.29 is 22.7 Å². The number of imidazole rings is 1. The van der Waals surface area contributed by atoms with Crippen molar-refractivity contribution in [2.24, 2.45) is 0 Å². The molecule has 1 atom stereocenters. The highest BCUT2D eigenvalue weighted by Crippen LogP contribution is 2.26. The number of hydrogen-bond acceptors (Lipinski definition) is 5. The van der Waals surface area contributed by atoms with E-state index in [1.165, 1.54) is 22.9 Å². The predicted molar refractivity (Wildman–Crippen MR) is 105 cm³/mol. The van der Waals surface area contributed by atoms with Gasteiger partial charge in [-0.15, -0.1) is 0 Å². The van der Waals surface area contributed by atoms with Crippen molar-refractivity contribution in [2.75, 3.05) is 12.9 Å². The summed E-state index contributed by atoms with van der Waals surface area (Å²) in [5.74, 6) is -0.520. The van der Waals surface area contributed by atoms with Gasteiger partial charge in [0, 0.05) is 27.1 Å². The van der Waals surface area contributed by atoms with Gasteiger partial charge in [-0.1, -0.05) is 37.3 Å². The molecule has 0 bridgehead atoms. The van der Waals surface area contributed by atoms with Gasteiger partial charge in [-0.25, -0.2) is 17.8 Å². The summed E-state index contributed by atoms with van der Waals surface area (Å²) in [5.41, 5.74) is 0.301. The third kappa shape index (κ3) is 6.11. The number of aliphatic hydroxyl groups excluding tert-OH is 1. The molecule has 1 heterocycles. The number of aliphatic hydroxyl groups is 1. The van der Waals surface area contributed by atoms with Crippen LogP contribution in [-0.4, -0.2) is 44.0 Å². The van der Waals surface area contributed by atoms with Gasteiger partial charge in [0.2, 0.25) is 0 Å². The standard InChI is InChI=1S/C17H24ClFN2O4SSi/c1-26(23,24)15-10-21(11-25-7-8-27(2,3)4)17(20-15)16(22)12-5-6-14(19)13(18)9-12/h5-6,9-10,16,22H,7-8,11H2,1-4H3. The minimum atomic E-state index is -3.57. The maximum absolute atomic E-state index is 13.4. The van der Waals surface area contributed by atoms with Crippen molar-refractivity contribution in [1.82, 2.24) is 9.55 Å². The van der Waals surface area contributed by atoms with E-state index in [1.807, 2.05) is 0 Å². The average Bonchev–Trinajstić information content (AvgIpc) is 2.97. The first-order valence-corrected chi connectivity index (χ1v) is 14.3. The van der Waals surface area contributed by atoms with Crippen LogP contribution in [0.1, 0.15) is 17.5 Å². The minimum Gasteiger partial charge on any atom is -0.380 e. The quantitative estimate of drug-likeness (QED) is 0.508. The molecule has 2 rings (SSSR count). The number of nitrogens with zero attached hydrogens (tertiary/aromatic N) is 2. The van der Waals surface area contributed by atoms with Crippen molar-refractivity contribution in [2.45, 2.75) is 43.5 Å². The van der Waals surface area contributed by atoms with E-state index in [0.29, 0.717) is 12.2 Å². The van der Waals surface area contributed by atoms with E-state index in [0.717, 1.165) is 18.4 Å². The normalized spacial score (nSPS) is 13.7. The van der Waals surface area contributed by atoms with Gasteiger partial charge in [0.15, 0.2) is 14.9 Å². The van der Waals surface area contributed by atoms with Gasteiger partial charge in [-0.3, -0.25) is 0 Å². The number of sulfone groups is 1. The van der Waals surface area contributed by atoms with E-state index >= 15 is 0 Å². The Labute approximate surface area is 164 Å². The third-order valence-electron chi connectivity index (χ3n) is 3.90. The summed E-state index contributed by atoms with van der Waals surface area (Å²) in [6, 6.07) is 4.74. The summed E-state index contributed by atoms with van der Waals surface area (Å²) < 4.78 is 44.2. The van der Waals surface area contributed by atoms with Crippen molar-refractivity contribution in [3.05, 3.63) is 46.6 Å². The Morgan fingerprint density at radius 3 is 2.59 bits per heavy atom. The monoisotopic (exact) mass is 434 g/mol. The number of halogens is 2.